The van der Waals surface area contributed by atoms with Gasteiger partial charge < -0.3 is 20.4 Å². The van der Waals surface area contributed by atoms with Crippen LogP contribution >= 0.6 is 0 Å². The van der Waals surface area contributed by atoms with E-state index in [1.165, 1.54) is 0 Å². The van der Waals surface area contributed by atoms with E-state index in [2.05, 4.69) is 11.4 Å². The minimum absolute atomic E-state index is 0.274. The Morgan fingerprint density at radius 3 is 2.10 bits per heavy atom. The van der Waals surface area contributed by atoms with Crippen molar-refractivity contribution in [1.29, 1.82) is 0 Å². The number of hydrogen-bond acceptors (Lipinski definition) is 4. The summed E-state index contributed by atoms with van der Waals surface area (Å²) in [6, 6.07) is 20.7. The quantitative estimate of drug-likeness (QED) is 0.277. The molecule has 7 heteroatoms. The Hall–Kier alpha value is -3.52. The topological polar surface area (TPSA) is 89.8 Å². The third-order valence-corrected chi connectivity index (χ3v) is 5.46. The predicted octanol–water partition coefficient (Wildman–Crippen LogP) is 3.10. The van der Waals surface area contributed by atoms with E-state index in [0.717, 1.165) is 50.5 Å². The van der Waals surface area contributed by atoms with Crippen LogP contribution in [0.3, 0.4) is 0 Å². The summed E-state index contributed by atoms with van der Waals surface area (Å²) >= 11 is 0. The molecule has 0 heterocycles. The lowest BCUT2D eigenvalue weighted by Crippen LogP contribution is -2.49. The molecular weight excluding hydrogens is 384 g/mol. The second-order valence-electron chi connectivity index (χ2n) is 7.40. The van der Waals surface area contributed by atoms with E-state index in [9.17, 15) is 24.3 Å². The molecule has 0 bridgehead atoms. The molecule has 0 fully saturated rings. The van der Waals surface area contributed by atoms with Crippen LogP contribution in [0.2, 0.25) is 0 Å². The summed E-state index contributed by atoms with van der Waals surface area (Å²) in [4.78, 5) is 12.7. The molecule has 0 unspecified atom stereocenters. The number of nitrogens with one attached hydrogen (secondary N) is 1. The largest absolute Gasteiger partial charge is 0.556 e. The van der Waals surface area contributed by atoms with Crippen molar-refractivity contribution in [3.63, 3.8) is 0 Å². The van der Waals surface area contributed by atoms with E-state index >= 15 is 0 Å². The van der Waals surface area contributed by atoms with Gasteiger partial charge in [-0.3, -0.25) is 4.79 Å². The standard InChI is InChI=1S/C23H16BFNO4/c25-19-12-16(24(28,29)30)8-10-17(19)23(27)26-20-11-7-15-5-4-13-2-1-3-14-6-9-18(20)22(15)21(13)14/h1-12,28-30H,(H,26,27)/q-1. The molecule has 30 heavy (non-hydrogen) atoms. The Labute approximate surface area is 170 Å². The molecule has 5 rings (SSSR count). The van der Waals surface area contributed by atoms with Crippen molar-refractivity contribution in [3.05, 3.63) is 84.2 Å². The summed E-state index contributed by atoms with van der Waals surface area (Å²) in [5, 5.41) is 36.7. The van der Waals surface area contributed by atoms with Crippen LogP contribution in [0.5, 0.6) is 0 Å². The highest BCUT2D eigenvalue weighted by Gasteiger charge is 2.21. The molecule has 0 saturated heterocycles. The van der Waals surface area contributed by atoms with Gasteiger partial charge in [0.1, 0.15) is 5.82 Å². The molecule has 148 valence electrons. The highest BCUT2D eigenvalue weighted by molar-refractivity contribution is 6.71. The van der Waals surface area contributed by atoms with Crippen molar-refractivity contribution in [2.45, 2.75) is 0 Å². The molecule has 1 amide bonds. The molecule has 0 aliphatic heterocycles. The summed E-state index contributed by atoms with van der Waals surface area (Å²) in [6.45, 7) is -3.84. The smallest absolute Gasteiger partial charge is 0.402 e. The van der Waals surface area contributed by atoms with Gasteiger partial charge in [0.05, 0.1) is 5.56 Å². The van der Waals surface area contributed by atoms with Gasteiger partial charge in [-0.05, 0) is 39.1 Å². The number of hydrogen-bond donors (Lipinski definition) is 4. The molecule has 5 aromatic rings. The first-order valence-corrected chi connectivity index (χ1v) is 9.42. The molecule has 0 atom stereocenters. The monoisotopic (exact) mass is 400 g/mol. The molecule has 0 radical (unpaired) electrons. The summed E-state index contributed by atoms with van der Waals surface area (Å²) in [5.74, 6) is -1.65. The molecule has 4 N–H and O–H groups in total. The highest BCUT2D eigenvalue weighted by atomic mass is 19.1. The zero-order valence-electron chi connectivity index (χ0n) is 15.6. The van der Waals surface area contributed by atoms with E-state index in [4.69, 9.17) is 0 Å². The molecule has 0 aliphatic carbocycles. The first kappa shape index (κ1) is 18.5. The Kier molecular flexibility index (Phi) is 4.01. The lowest BCUT2D eigenvalue weighted by molar-refractivity contribution is 0.102. The SMILES string of the molecule is O=C(Nc1ccc2ccc3cccc4ccc1c2c34)c1ccc([B-](O)(O)O)cc1F. The lowest BCUT2D eigenvalue weighted by Gasteiger charge is -2.21. The minimum Gasteiger partial charge on any atom is -0.556 e. The van der Waals surface area contributed by atoms with Gasteiger partial charge in [-0.25, -0.2) is 4.39 Å². The highest BCUT2D eigenvalue weighted by Crippen LogP contribution is 2.37. The van der Waals surface area contributed by atoms with E-state index in [-0.39, 0.29) is 5.56 Å². The van der Waals surface area contributed by atoms with Crippen LogP contribution in [0.15, 0.2) is 72.8 Å². The molecule has 0 aliphatic rings. The number of carbonyl (C=O) groups is 1. The van der Waals surface area contributed by atoms with Crippen molar-refractivity contribution >= 4 is 56.1 Å². The minimum atomic E-state index is -3.84. The van der Waals surface area contributed by atoms with Crippen molar-refractivity contribution in [2.24, 2.45) is 0 Å². The average Bonchev–Trinajstić information content (AvgIpc) is 2.72. The summed E-state index contributed by atoms with van der Waals surface area (Å²) in [5.41, 5.74) is -0.143. The van der Waals surface area contributed by atoms with Crippen molar-refractivity contribution in [2.75, 3.05) is 5.32 Å². The Balaban J connectivity index is 1.60. The second kappa shape index (κ2) is 6.50. The zero-order chi connectivity index (χ0) is 21.0. The third kappa shape index (κ3) is 2.88. The number of halogens is 1. The van der Waals surface area contributed by atoms with E-state index in [1.54, 1.807) is 6.07 Å². The molecule has 5 nitrogen and oxygen atoms in total. The molecule has 0 saturated carbocycles. The number of rotatable bonds is 3. The second-order valence-corrected chi connectivity index (χ2v) is 7.40. The van der Waals surface area contributed by atoms with Gasteiger partial charge in [0.15, 0.2) is 0 Å². The van der Waals surface area contributed by atoms with Gasteiger partial charge in [-0.1, -0.05) is 60.7 Å². The van der Waals surface area contributed by atoms with E-state index < -0.39 is 23.9 Å². The summed E-state index contributed by atoms with van der Waals surface area (Å²) in [7, 11) is 0. The maximum atomic E-state index is 14.4. The number of amides is 1. The van der Waals surface area contributed by atoms with Gasteiger partial charge in [0, 0.05) is 11.1 Å². The average molecular weight is 400 g/mol. The molecule has 0 spiro atoms. The first-order chi connectivity index (χ1) is 14.3. The van der Waals surface area contributed by atoms with Crippen LogP contribution in [-0.2, 0) is 0 Å². The Morgan fingerprint density at radius 1 is 0.800 bits per heavy atom. The van der Waals surface area contributed by atoms with Crippen LogP contribution in [-0.4, -0.2) is 27.7 Å². The normalized spacial score (nSPS) is 12.1. The van der Waals surface area contributed by atoms with Crippen LogP contribution in [0.4, 0.5) is 10.1 Å². The predicted molar refractivity (Wildman–Crippen MR) is 117 cm³/mol. The van der Waals surface area contributed by atoms with Crippen LogP contribution in [0.1, 0.15) is 10.4 Å². The number of anilines is 1. The Morgan fingerprint density at radius 2 is 1.43 bits per heavy atom. The van der Waals surface area contributed by atoms with Gasteiger partial charge >= 0.3 is 6.75 Å². The number of benzene rings is 5. The van der Waals surface area contributed by atoms with Gasteiger partial charge in [-0.15, -0.1) is 5.46 Å². The number of carbonyl (C=O) groups excluding carboxylic acids is 1. The van der Waals surface area contributed by atoms with Crippen molar-refractivity contribution < 1.29 is 24.3 Å². The fraction of sp³-hybridized carbons (Fsp3) is 0. The maximum Gasteiger partial charge on any atom is 0.402 e. The van der Waals surface area contributed by atoms with E-state index in [1.807, 2.05) is 42.5 Å². The molecule has 5 aromatic carbocycles. The first-order valence-electron chi connectivity index (χ1n) is 9.42. The van der Waals surface area contributed by atoms with Crippen LogP contribution in [0, 0.1) is 5.82 Å². The summed E-state index contributed by atoms with van der Waals surface area (Å²) < 4.78 is 14.4. The summed E-state index contributed by atoms with van der Waals surface area (Å²) in [6.07, 6.45) is 0. The molecule has 0 aromatic heterocycles. The van der Waals surface area contributed by atoms with Gasteiger partial charge in [0.2, 0.25) is 0 Å². The molecular formula is C23H16BFNO4-. The van der Waals surface area contributed by atoms with E-state index in [0.29, 0.717) is 5.69 Å². The fourth-order valence-electron chi connectivity index (χ4n) is 3.99. The van der Waals surface area contributed by atoms with Crippen molar-refractivity contribution in [1.82, 2.24) is 0 Å². The van der Waals surface area contributed by atoms with Crippen LogP contribution in [0.25, 0.3) is 32.3 Å². The van der Waals surface area contributed by atoms with Crippen LogP contribution < -0.4 is 10.8 Å². The zero-order valence-corrected chi connectivity index (χ0v) is 15.6. The van der Waals surface area contributed by atoms with Gasteiger partial charge in [-0.2, -0.15) is 0 Å². The lowest BCUT2D eigenvalue weighted by atomic mass is 9.71. The fourth-order valence-corrected chi connectivity index (χ4v) is 3.99. The van der Waals surface area contributed by atoms with Gasteiger partial charge in [0.25, 0.3) is 5.91 Å². The Bertz CT molecular complexity index is 1430. The van der Waals surface area contributed by atoms with Crippen molar-refractivity contribution in [3.8, 4) is 0 Å². The maximum absolute atomic E-state index is 14.4. The third-order valence-electron chi connectivity index (χ3n) is 5.46.